The van der Waals surface area contributed by atoms with Crippen LogP contribution in [0.5, 0.6) is 0 Å². The molecule has 2 aromatic carbocycles. The van der Waals surface area contributed by atoms with Crippen molar-refractivity contribution in [2.24, 2.45) is 16.8 Å². The van der Waals surface area contributed by atoms with Crippen molar-refractivity contribution >= 4 is 35.3 Å². The molecule has 0 aliphatic rings. The summed E-state index contributed by atoms with van der Waals surface area (Å²) in [6, 6.07) is 15.3. The number of rotatable bonds is 5. The number of hydrogen-bond acceptors (Lipinski definition) is 7. The lowest BCUT2D eigenvalue weighted by Crippen LogP contribution is -2.41. The molecule has 0 fully saturated rings. The second-order valence-electron chi connectivity index (χ2n) is 5.72. The smallest absolute Gasteiger partial charge is 0.252 e. The lowest BCUT2D eigenvalue weighted by Gasteiger charge is -2.24. The Bertz CT molecular complexity index is 801. The highest BCUT2D eigenvalue weighted by atomic mass is 32.2. The fourth-order valence-corrected chi connectivity index (χ4v) is 3.37. The van der Waals surface area contributed by atoms with Crippen LogP contribution in [0.1, 0.15) is 35.8 Å². The Morgan fingerprint density at radius 1 is 1.13 bits per heavy atom. The summed E-state index contributed by atoms with van der Waals surface area (Å²) in [5.74, 6) is 11.6. The zero-order chi connectivity index (χ0) is 23.1. The largest absolute Gasteiger partial charge is 0.321 e. The van der Waals surface area contributed by atoms with Gasteiger partial charge in [0, 0.05) is 7.05 Å². The standard InChI is InChI=1S/C18H24N6OS.C2H6.CH2O/c1-12-9-10-13(2)15(11-12)24(20)18(22-19)26-16(17(25)23-21-3)14-7-5-4-6-8-14;2*1-2/h4-11,16,21H,19-20H2,1-3H3,(H,23,25);1-2H3;1H2/b22-18+;;. The molecule has 164 valence electrons. The van der Waals surface area contributed by atoms with E-state index in [0.717, 1.165) is 22.4 Å². The molecule has 0 saturated carbocycles. The third kappa shape index (κ3) is 7.86. The van der Waals surface area contributed by atoms with Crippen molar-refractivity contribution in [2.45, 2.75) is 32.9 Å². The quantitative estimate of drug-likeness (QED) is 0.248. The summed E-state index contributed by atoms with van der Waals surface area (Å²) in [6.45, 7) is 9.94. The summed E-state index contributed by atoms with van der Waals surface area (Å²) in [4.78, 5) is 20.5. The van der Waals surface area contributed by atoms with Crippen LogP contribution in [-0.2, 0) is 9.59 Å². The number of thioether (sulfide) groups is 1. The fourth-order valence-electron chi connectivity index (χ4n) is 2.43. The van der Waals surface area contributed by atoms with Gasteiger partial charge in [0.25, 0.3) is 5.91 Å². The summed E-state index contributed by atoms with van der Waals surface area (Å²) in [6.07, 6.45) is 0. The normalized spacial score (nSPS) is 11.2. The van der Waals surface area contributed by atoms with Gasteiger partial charge in [-0.3, -0.25) is 15.2 Å². The van der Waals surface area contributed by atoms with Crippen LogP contribution in [0.4, 0.5) is 5.69 Å². The lowest BCUT2D eigenvalue weighted by atomic mass is 10.1. The predicted octanol–water partition coefficient (Wildman–Crippen LogP) is 2.78. The number of hydrazine groups is 2. The molecule has 0 heterocycles. The number of carbonyl (C=O) groups excluding carboxylic acids is 2. The maximum absolute atomic E-state index is 12.5. The highest BCUT2D eigenvalue weighted by Crippen LogP contribution is 2.32. The van der Waals surface area contributed by atoms with E-state index in [4.69, 9.17) is 16.5 Å². The monoisotopic (exact) mass is 432 g/mol. The van der Waals surface area contributed by atoms with Gasteiger partial charge in [-0.15, -0.1) is 0 Å². The molecule has 9 heteroatoms. The van der Waals surface area contributed by atoms with E-state index in [-0.39, 0.29) is 5.91 Å². The molecule has 0 spiro atoms. The number of nitrogens with one attached hydrogen (secondary N) is 2. The topological polar surface area (TPSA) is 126 Å². The summed E-state index contributed by atoms with van der Waals surface area (Å²) in [7, 11) is 1.63. The second-order valence-corrected chi connectivity index (χ2v) is 6.79. The highest BCUT2D eigenvalue weighted by Gasteiger charge is 2.26. The van der Waals surface area contributed by atoms with Crippen LogP contribution in [0.15, 0.2) is 53.6 Å². The molecule has 1 amide bonds. The Labute approximate surface area is 183 Å². The van der Waals surface area contributed by atoms with Crippen LogP contribution < -0.4 is 27.5 Å². The fraction of sp³-hybridized carbons (Fsp3) is 0.286. The van der Waals surface area contributed by atoms with Crippen LogP contribution in [0.2, 0.25) is 0 Å². The first-order chi connectivity index (χ1) is 14.5. The number of carbonyl (C=O) groups is 2. The number of nitrogens with zero attached hydrogens (tertiary/aromatic N) is 2. The van der Waals surface area contributed by atoms with Crippen LogP contribution in [0.3, 0.4) is 0 Å². The zero-order valence-corrected chi connectivity index (χ0v) is 19.0. The van der Waals surface area contributed by atoms with Crippen LogP contribution in [-0.4, -0.2) is 24.9 Å². The van der Waals surface area contributed by atoms with Gasteiger partial charge in [0.2, 0.25) is 5.17 Å². The van der Waals surface area contributed by atoms with E-state index in [1.807, 2.05) is 83.0 Å². The number of aryl methyl sites for hydroxylation is 2. The van der Waals surface area contributed by atoms with E-state index in [1.54, 1.807) is 7.05 Å². The minimum absolute atomic E-state index is 0.223. The number of anilines is 1. The Morgan fingerprint density at radius 3 is 2.27 bits per heavy atom. The maximum Gasteiger partial charge on any atom is 0.252 e. The molecule has 0 aromatic heterocycles. The number of amidine groups is 1. The molecule has 0 bridgehead atoms. The first kappa shape index (κ1) is 27.1. The van der Waals surface area contributed by atoms with Crippen molar-refractivity contribution in [2.75, 3.05) is 12.1 Å². The molecule has 2 rings (SSSR count). The Balaban J connectivity index is 0.00000198. The predicted molar refractivity (Wildman–Crippen MR) is 127 cm³/mol. The van der Waals surface area contributed by atoms with E-state index in [0.29, 0.717) is 5.17 Å². The van der Waals surface area contributed by atoms with Gasteiger partial charge in [-0.25, -0.2) is 11.3 Å². The van der Waals surface area contributed by atoms with E-state index in [1.165, 1.54) is 16.8 Å². The number of hydrogen-bond donors (Lipinski definition) is 4. The van der Waals surface area contributed by atoms with E-state index >= 15 is 0 Å². The molecule has 0 radical (unpaired) electrons. The molecule has 30 heavy (non-hydrogen) atoms. The van der Waals surface area contributed by atoms with Gasteiger partial charge in [0.15, 0.2) is 0 Å². The van der Waals surface area contributed by atoms with Crippen molar-refractivity contribution in [3.05, 3.63) is 65.2 Å². The number of amides is 1. The Kier molecular flexibility index (Phi) is 13.6. The van der Waals surface area contributed by atoms with Crippen LogP contribution >= 0.6 is 11.8 Å². The van der Waals surface area contributed by atoms with Crippen LogP contribution in [0.25, 0.3) is 0 Å². The molecule has 8 nitrogen and oxygen atoms in total. The summed E-state index contributed by atoms with van der Waals surface area (Å²) in [5, 5.41) is 5.00. The summed E-state index contributed by atoms with van der Waals surface area (Å²) in [5.41, 5.74) is 8.91. The summed E-state index contributed by atoms with van der Waals surface area (Å²) >= 11 is 1.18. The molecular formula is C21H32N6O2S. The third-order valence-corrected chi connectivity index (χ3v) is 4.99. The molecule has 0 saturated heterocycles. The minimum atomic E-state index is -0.567. The molecule has 6 N–H and O–H groups in total. The first-order valence-electron chi connectivity index (χ1n) is 9.35. The van der Waals surface area contributed by atoms with Crippen molar-refractivity contribution in [1.29, 1.82) is 0 Å². The van der Waals surface area contributed by atoms with Gasteiger partial charge >= 0.3 is 0 Å². The Morgan fingerprint density at radius 2 is 1.73 bits per heavy atom. The number of nitrogens with two attached hydrogens (primary N) is 2. The van der Waals surface area contributed by atoms with E-state index < -0.39 is 5.25 Å². The van der Waals surface area contributed by atoms with Gasteiger partial charge in [0.1, 0.15) is 12.0 Å². The van der Waals surface area contributed by atoms with Gasteiger partial charge in [-0.05, 0) is 36.6 Å². The minimum Gasteiger partial charge on any atom is -0.321 e. The van der Waals surface area contributed by atoms with Gasteiger partial charge < -0.3 is 10.6 Å². The maximum atomic E-state index is 12.5. The Hall–Kier alpha value is -2.88. The molecular weight excluding hydrogens is 400 g/mol. The molecule has 0 aliphatic heterocycles. The van der Waals surface area contributed by atoms with Crippen molar-refractivity contribution < 1.29 is 9.59 Å². The number of benzene rings is 2. The third-order valence-electron chi connectivity index (χ3n) is 3.75. The summed E-state index contributed by atoms with van der Waals surface area (Å²) < 4.78 is 0. The van der Waals surface area contributed by atoms with Gasteiger partial charge in [0.05, 0.1) is 5.69 Å². The highest BCUT2D eigenvalue weighted by molar-refractivity contribution is 8.14. The van der Waals surface area contributed by atoms with Crippen LogP contribution in [0, 0.1) is 13.8 Å². The average molecular weight is 433 g/mol. The van der Waals surface area contributed by atoms with Crippen molar-refractivity contribution in [3.63, 3.8) is 0 Å². The average Bonchev–Trinajstić information content (AvgIpc) is 2.79. The SMILES string of the molecule is C=O.CC.CNNC(=O)C(S/C(=N/N)N(N)c1cc(C)ccc1C)c1ccccc1. The van der Waals surface area contributed by atoms with Crippen molar-refractivity contribution in [1.82, 2.24) is 10.9 Å². The van der Waals surface area contributed by atoms with E-state index in [2.05, 4.69) is 16.0 Å². The van der Waals surface area contributed by atoms with Gasteiger partial charge in [-0.1, -0.05) is 68.1 Å². The lowest BCUT2D eigenvalue weighted by molar-refractivity contribution is -0.121. The molecule has 1 unspecified atom stereocenters. The van der Waals surface area contributed by atoms with Crippen molar-refractivity contribution in [3.8, 4) is 0 Å². The van der Waals surface area contributed by atoms with E-state index in [9.17, 15) is 4.79 Å². The zero-order valence-electron chi connectivity index (χ0n) is 18.2. The molecule has 1 atom stereocenters. The second kappa shape index (κ2) is 15.0. The molecule has 2 aromatic rings. The molecule has 0 aliphatic carbocycles. The first-order valence-corrected chi connectivity index (χ1v) is 10.2. The van der Waals surface area contributed by atoms with Gasteiger partial charge in [-0.2, -0.15) is 5.10 Å². The number of hydrazone groups is 1.